The van der Waals surface area contributed by atoms with Gasteiger partial charge in [0.25, 0.3) is 0 Å². The van der Waals surface area contributed by atoms with E-state index in [9.17, 15) is 0 Å². The molecule has 0 unspecified atom stereocenters. The van der Waals surface area contributed by atoms with Crippen molar-refractivity contribution in [2.75, 3.05) is 6.61 Å². The van der Waals surface area contributed by atoms with Crippen molar-refractivity contribution in [3.63, 3.8) is 0 Å². The predicted octanol–water partition coefficient (Wildman–Crippen LogP) is 1.70. The van der Waals surface area contributed by atoms with Gasteiger partial charge in [-0.25, -0.2) is 0 Å². The molecule has 0 aliphatic carbocycles. The van der Waals surface area contributed by atoms with Crippen molar-refractivity contribution in [2.24, 2.45) is 0 Å². The number of hydrogen-bond acceptors (Lipinski definition) is 2. The summed E-state index contributed by atoms with van der Waals surface area (Å²) in [5.74, 6) is 0.731. The lowest BCUT2D eigenvalue weighted by molar-refractivity contribution is 0.365. The molecular formula is C9H8NO. The first-order valence-electron chi connectivity index (χ1n) is 3.31. The largest absolute Gasteiger partial charge is 0.478 e. The zero-order valence-electron chi connectivity index (χ0n) is 6.29. The topological polar surface area (TPSA) is 33.0 Å². The van der Waals surface area contributed by atoms with Gasteiger partial charge in [0.2, 0.25) is 0 Å². The Kier molecular flexibility index (Phi) is 2.51. The first-order chi connectivity index (χ1) is 5.34. The van der Waals surface area contributed by atoms with E-state index in [2.05, 4.69) is 6.07 Å². The summed E-state index contributed by atoms with van der Waals surface area (Å²) < 4.78 is 5.09. The van der Waals surface area contributed by atoms with E-state index in [1.54, 1.807) is 0 Å². The zero-order valence-corrected chi connectivity index (χ0v) is 6.29. The van der Waals surface area contributed by atoms with E-state index < -0.39 is 0 Å². The number of aryl methyl sites for hydroxylation is 1. The van der Waals surface area contributed by atoms with Gasteiger partial charge in [0.1, 0.15) is 11.8 Å². The first kappa shape index (κ1) is 7.62. The minimum atomic E-state index is 0.0959. The van der Waals surface area contributed by atoms with Crippen molar-refractivity contribution in [2.45, 2.75) is 6.92 Å². The van der Waals surface area contributed by atoms with Gasteiger partial charge in [-0.1, -0.05) is 12.1 Å². The molecule has 1 rings (SSSR count). The van der Waals surface area contributed by atoms with Gasteiger partial charge in [0.15, 0.2) is 6.61 Å². The maximum Gasteiger partial charge on any atom is 0.174 e. The van der Waals surface area contributed by atoms with E-state index in [0.717, 1.165) is 11.3 Å². The average Bonchev–Trinajstić information content (AvgIpc) is 2.03. The van der Waals surface area contributed by atoms with Crippen molar-refractivity contribution in [1.82, 2.24) is 0 Å². The lowest BCUT2D eigenvalue weighted by Gasteiger charge is -2.02. The number of hydrogen-bond donors (Lipinski definition) is 0. The van der Waals surface area contributed by atoms with Gasteiger partial charge in [-0.15, -0.1) is 0 Å². The van der Waals surface area contributed by atoms with Crippen molar-refractivity contribution in [3.05, 3.63) is 29.8 Å². The van der Waals surface area contributed by atoms with E-state index in [4.69, 9.17) is 10.00 Å². The molecule has 55 valence electrons. The van der Waals surface area contributed by atoms with Crippen molar-refractivity contribution in [3.8, 4) is 11.8 Å². The Hall–Kier alpha value is -1.49. The summed E-state index contributed by atoms with van der Waals surface area (Å²) >= 11 is 0. The molecule has 0 N–H and O–H groups in total. The van der Waals surface area contributed by atoms with Crippen LogP contribution in [0.15, 0.2) is 18.2 Å². The van der Waals surface area contributed by atoms with E-state index in [1.807, 2.05) is 31.2 Å². The summed E-state index contributed by atoms with van der Waals surface area (Å²) in [6, 6.07) is 10.4. The molecule has 1 aromatic rings. The third kappa shape index (κ3) is 1.98. The Bertz CT molecular complexity index is 275. The molecule has 1 radical (unpaired) electrons. The molecule has 0 saturated heterocycles. The molecule has 0 aromatic heterocycles. The maximum atomic E-state index is 8.23. The highest BCUT2D eigenvalue weighted by atomic mass is 16.5. The zero-order chi connectivity index (χ0) is 8.10. The molecule has 2 nitrogen and oxygen atoms in total. The van der Waals surface area contributed by atoms with Crippen LogP contribution in [0, 0.1) is 24.3 Å². The van der Waals surface area contributed by atoms with Crippen LogP contribution in [0.5, 0.6) is 5.75 Å². The summed E-state index contributed by atoms with van der Waals surface area (Å²) in [6.07, 6.45) is 0. The summed E-state index contributed by atoms with van der Waals surface area (Å²) in [7, 11) is 0. The first-order valence-corrected chi connectivity index (χ1v) is 3.31. The molecule has 1 aromatic carbocycles. The van der Waals surface area contributed by atoms with E-state index >= 15 is 0 Å². The highest BCUT2D eigenvalue weighted by Crippen LogP contribution is 2.14. The fourth-order valence-corrected chi connectivity index (χ4v) is 0.771. The second-order valence-corrected chi connectivity index (χ2v) is 2.11. The molecule has 0 amide bonds. The Morgan fingerprint density at radius 2 is 2.55 bits per heavy atom. The fraction of sp³-hybridized carbons (Fsp3) is 0.222. The van der Waals surface area contributed by atoms with Crippen LogP contribution >= 0.6 is 0 Å². The van der Waals surface area contributed by atoms with Crippen molar-refractivity contribution in [1.29, 1.82) is 5.26 Å². The molecule has 0 atom stereocenters. The summed E-state index contributed by atoms with van der Waals surface area (Å²) in [6.45, 7) is 1.99. The Morgan fingerprint density at radius 3 is 3.18 bits per heavy atom. The Labute approximate surface area is 66.0 Å². The Balaban J connectivity index is 2.71. The SMILES string of the molecule is Cc1[c]cccc1OCC#N. The van der Waals surface area contributed by atoms with Crippen LogP contribution in [0.1, 0.15) is 5.56 Å². The highest BCUT2D eigenvalue weighted by molar-refractivity contribution is 5.30. The van der Waals surface area contributed by atoms with Crippen molar-refractivity contribution >= 4 is 0 Å². The smallest absolute Gasteiger partial charge is 0.174 e. The molecular weight excluding hydrogens is 138 g/mol. The molecule has 11 heavy (non-hydrogen) atoms. The fourth-order valence-electron chi connectivity index (χ4n) is 0.771. The van der Waals surface area contributed by atoms with Gasteiger partial charge in [0.05, 0.1) is 0 Å². The second kappa shape index (κ2) is 3.62. The van der Waals surface area contributed by atoms with Crippen LogP contribution in [0.4, 0.5) is 0 Å². The van der Waals surface area contributed by atoms with Crippen molar-refractivity contribution < 1.29 is 4.74 Å². The normalized spacial score (nSPS) is 8.73. The van der Waals surface area contributed by atoms with E-state index in [0.29, 0.717) is 0 Å². The van der Waals surface area contributed by atoms with Crippen LogP contribution in [0.2, 0.25) is 0 Å². The summed E-state index contributed by atoms with van der Waals surface area (Å²) in [5, 5.41) is 8.23. The van der Waals surface area contributed by atoms with Crippen LogP contribution in [0.3, 0.4) is 0 Å². The van der Waals surface area contributed by atoms with Gasteiger partial charge in [-0.3, -0.25) is 0 Å². The molecule has 0 aliphatic heterocycles. The molecule has 0 saturated carbocycles. The van der Waals surface area contributed by atoms with Crippen LogP contribution in [0.25, 0.3) is 0 Å². The molecule has 0 spiro atoms. The molecule has 0 heterocycles. The summed E-state index contributed by atoms with van der Waals surface area (Å²) in [5.41, 5.74) is 0.933. The van der Waals surface area contributed by atoms with Crippen LogP contribution in [-0.2, 0) is 0 Å². The lowest BCUT2D eigenvalue weighted by atomic mass is 10.2. The molecule has 0 bridgehead atoms. The monoisotopic (exact) mass is 146 g/mol. The Morgan fingerprint density at radius 1 is 1.73 bits per heavy atom. The average molecular weight is 146 g/mol. The molecule has 0 aliphatic rings. The number of nitriles is 1. The van der Waals surface area contributed by atoms with Gasteiger partial charge < -0.3 is 4.74 Å². The van der Waals surface area contributed by atoms with Gasteiger partial charge >= 0.3 is 0 Å². The third-order valence-corrected chi connectivity index (χ3v) is 1.31. The minimum Gasteiger partial charge on any atom is -0.478 e. The van der Waals surface area contributed by atoms with Gasteiger partial charge in [-0.05, 0) is 24.6 Å². The predicted molar refractivity (Wildman–Crippen MR) is 41.1 cm³/mol. The standard InChI is InChI=1S/C9H8NO/c1-8-4-2-3-5-9(8)11-7-6-10/h2-3,5H,7H2,1H3. The van der Waals surface area contributed by atoms with E-state index in [-0.39, 0.29) is 6.61 Å². The van der Waals surface area contributed by atoms with Crippen LogP contribution in [-0.4, -0.2) is 6.61 Å². The van der Waals surface area contributed by atoms with Crippen LogP contribution < -0.4 is 4.74 Å². The number of rotatable bonds is 2. The number of ether oxygens (including phenoxy) is 1. The second-order valence-electron chi connectivity index (χ2n) is 2.11. The molecule has 2 heteroatoms. The summed E-state index contributed by atoms with van der Waals surface area (Å²) in [4.78, 5) is 0. The van der Waals surface area contributed by atoms with Gasteiger partial charge in [0, 0.05) is 0 Å². The third-order valence-electron chi connectivity index (χ3n) is 1.31. The number of nitrogens with zero attached hydrogens (tertiary/aromatic N) is 1. The van der Waals surface area contributed by atoms with Gasteiger partial charge in [-0.2, -0.15) is 5.26 Å². The minimum absolute atomic E-state index is 0.0959. The van der Waals surface area contributed by atoms with E-state index in [1.165, 1.54) is 0 Å². The lowest BCUT2D eigenvalue weighted by Crippen LogP contribution is -1.94. The number of benzene rings is 1. The molecule has 0 fully saturated rings. The quantitative estimate of drug-likeness (QED) is 0.636. The maximum absolute atomic E-state index is 8.23. The highest BCUT2D eigenvalue weighted by Gasteiger charge is 1.95.